The van der Waals surface area contributed by atoms with E-state index in [4.69, 9.17) is 0 Å². The molecule has 0 bridgehead atoms. The fourth-order valence-electron chi connectivity index (χ4n) is 1.96. The Kier molecular flexibility index (Phi) is 3.98. The molecule has 3 N–H and O–H groups in total. The Bertz CT molecular complexity index is 516. The van der Waals surface area contributed by atoms with Crippen LogP contribution in [0, 0.1) is 9.49 Å². The summed E-state index contributed by atoms with van der Waals surface area (Å²) in [5, 5.41) is 14.5. The van der Waals surface area contributed by atoms with Crippen LogP contribution in [0.5, 0.6) is 0 Å². The summed E-state index contributed by atoms with van der Waals surface area (Å²) in [5.74, 6) is -0.973. The number of hydrogen-bond acceptors (Lipinski definition) is 2. The SMILES string of the molecule is CC(NC(=O)Nc1cccc(I)c1)(C(=O)O)C1CC1. The number of rotatable bonds is 4. The monoisotopic (exact) mass is 374 g/mol. The van der Waals surface area contributed by atoms with E-state index in [0.717, 1.165) is 16.4 Å². The van der Waals surface area contributed by atoms with Gasteiger partial charge in [-0.2, -0.15) is 0 Å². The molecule has 2 amide bonds. The van der Waals surface area contributed by atoms with Crippen LogP contribution in [0.1, 0.15) is 19.8 Å². The first kappa shape index (κ1) is 14.1. The first-order valence-corrected chi connectivity index (χ1v) is 7.08. The van der Waals surface area contributed by atoms with Gasteiger partial charge in [0, 0.05) is 9.26 Å². The summed E-state index contributed by atoms with van der Waals surface area (Å²) in [6.45, 7) is 1.56. The number of aliphatic carboxylic acids is 1. The van der Waals surface area contributed by atoms with Gasteiger partial charge in [0.1, 0.15) is 5.54 Å². The molecule has 6 heteroatoms. The summed E-state index contributed by atoms with van der Waals surface area (Å²) in [7, 11) is 0. The van der Waals surface area contributed by atoms with Crippen molar-refractivity contribution in [2.75, 3.05) is 5.32 Å². The number of carbonyl (C=O) groups is 2. The van der Waals surface area contributed by atoms with Crippen molar-refractivity contribution >= 4 is 40.3 Å². The summed E-state index contributed by atoms with van der Waals surface area (Å²) in [4.78, 5) is 23.2. The summed E-state index contributed by atoms with van der Waals surface area (Å²) >= 11 is 2.15. The van der Waals surface area contributed by atoms with Crippen LogP contribution in [-0.4, -0.2) is 22.6 Å². The average Bonchev–Trinajstić information content (AvgIpc) is 3.12. The zero-order valence-electron chi connectivity index (χ0n) is 10.4. The predicted octanol–water partition coefficient (Wildman–Crippen LogP) is 2.67. The maximum Gasteiger partial charge on any atom is 0.329 e. The van der Waals surface area contributed by atoms with Crippen LogP contribution < -0.4 is 10.6 Å². The molecule has 0 radical (unpaired) electrons. The van der Waals surface area contributed by atoms with Crippen LogP contribution >= 0.6 is 22.6 Å². The minimum absolute atomic E-state index is 0.0201. The molecule has 1 atom stereocenters. The van der Waals surface area contributed by atoms with E-state index in [9.17, 15) is 14.7 Å². The van der Waals surface area contributed by atoms with Crippen LogP contribution in [0.3, 0.4) is 0 Å². The van der Waals surface area contributed by atoms with Gasteiger partial charge >= 0.3 is 12.0 Å². The molecule has 1 aliphatic carbocycles. The first-order valence-electron chi connectivity index (χ1n) is 6.00. The smallest absolute Gasteiger partial charge is 0.329 e. The Morgan fingerprint density at radius 1 is 1.42 bits per heavy atom. The van der Waals surface area contributed by atoms with Crippen molar-refractivity contribution in [1.82, 2.24) is 5.32 Å². The van der Waals surface area contributed by atoms with E-state index in [1.54, 1.807) is 13.0 Å². The molecule has 1 aromatic rings. The van der Waals surface area contributed by atoms with Crippen LogP contribution in [-0.2, 0) is 4.79 Å². The second kappa shape index (κ2) is 5.36. The number of carboxylic acid groups (broad SMARTS) is 1. The highest BCUT2D eigenvalue weighted by Gasteiger charge is 2.48. The fraction of sp³-hybridized carbons (Fsp3) is 0.385. The topological polar surface area (TPSA) is 78.4 Å². The van der Waals surface area contributed by atoms with Crippen molar-refractivity contribution in [1.29, 1.82) is 0 Å². The van der Waals surface area contributed by atoms with Crippen molar-refractivity contribution in [2.45, 2.75) is 25.3 Å². The van der Waals surface area contributed by atoms with Gasteiger partial charge in [0.2, 0.25) is 0 Å². The predicted molar refractivity (Wildman–Crippen MR) is 80.1 cm³/mol. The maximum atomic E-state index is 11.9. The molecule has 0 spiro atoms. The van der Waals surface area contributed by atoms with Crippen molar-refractivity contribution in [3.8, 4) is 0 Å². The number of amides is 2. The van der Waals surface area contributed by atoms with Crippen molar-refractivity contribution in [3.63, 3.8) is 0 Å². The van der Waals surface area contributed by atoms with Gasteiger partial charge in [0.05, 0.1) is 0 Å². The fourth-order valence-corrected chi connectivity index (χ4v) is 2.50. The summed E-state index contributed by atoms with van der Waals surface area (Å²) in [6, 6.07) is 6.83. The lowest BCUT2D eigenvalue weighted by atomic mass is 9.96. The van der Waals surface area contributed by atoms with Gasteiger partial charge in [0.25, 0.3) is 0 Å². The number of carboxylic acids is 1. The van der Waals surface area contributed by atoms with E-state index in [-0.39, 0.29) is 5.92 Å². The zero-order valence-corrected chi connectivity index (χ0v) is 12.6. The molecule has 1 unspecified atom stereocenters. The number of nitrogens with one attached hydrogen (secondary N) is 2. The van der Waals surface area contributed by atoms with E-state index in [2.05, 4.69) is 33.2 Å². The van der Waals surface area contributed by atoms with Gasteiger partial charge in [-0.3, -0.25) is 0 Å². The van der Waals surface area contributed by atoms with E-state index in [1.807, 2.05) is 18.2 Å². The highest BCUT2D eigenvalue weighted by molar-refractivity contribution is 14.1. The number of carbonyl (C=O) groups excluding carboxylic acids is 1. The molecule has 1 aliphatic rings. The van der Waals surface area contributed by atoms with Gasteiger partial charge in [-0.05, 0) is 66.5 Å². The normalized spacial score (nSPS) is 17.4. The minimum Gasteiger partial charge on any atom is -0.480 e. The summed E-state index contributed by atoms with van der Waals surface area (Å²) < 4.78 is 0.999. The molecule has 1 aromatic carbocycles. The first-order chi connectivity index (χ1) is 8.91. The van der Waals surface area contributed by atoms with Crippen LogP contribution in [0.4, 0.5) is 10.5 Å². The number of urea groups is 1. The Hall–Kier alpha value is -1.31. The van der Waals surface area contributed by atoms with Crippen molar-refractivity contribution in [2.24, 2.45) is 5.92 Å². The van der Waals surface area contributed by atoms with E-state index in [0.29, 0.717) is 5.69 Å². The third-order valence-corrected chi connectivity index (χ3v) is 3.96. The quantitative estimate of drug-likeness (QED) is 0.710. The molecule has 19 heavy (non-hydrogen) atoms. The van der Waals surface area contributed by atoms with E-state index >= 15 is 0 Å². The highest BCUT2D eigenvalue weighted by Crippen LogP contribution is 2.39. The van der Waals surface area contributed by atoms with Crippen LogP contribution in [0.2, 0.25) is 0 Å². The second-order valence-corrected chi connectivity index (χ2v) is 6.12. The number of hydrogen-bond donors (Lipinski definition) is 3. The number of benzene rings is 1. The molecular formula is C13H15IN2O3. The van der Waals surface area contributed by atoms with E-state index < -0.39 is 17.5 Å². The summed E-state index contributed by atoms with van der Waals surface area (Å²) in [5.41, 5.74) is -0.542. The minimum atomic E-state index is -1.19. The molecule has 102 valence electrons. The Morgan fingerprint density at radius 3 is 2.63 bits per heavy atom. The maximum absolute atomic E-state index is 11.9. The molecule has 0 saturated heterocycles. The lowest BCUT2D eigenvalue weighted by molar-refractivity contribution is -0.144. The van der Waals surface area contributed by atoms with Gasteiger partial charge in [0.15, 0.2) is 0 Å². The second-order valence-electron chi connectivity index (χ2n) is 4.87. The number of anilines is 1. The lowest BCUT2D eigenvalue weighted by Gasteiger charge is -2.26. The third-order valence-electron chi connectivity index (χ3n) is 3.29. The Labute approximate surface area is 124 Å². The van der Waals surface area contributed by atoms with Gasteiger partial charge in [-0.25, -0.2) is 9.59 Å². The molecule has 0 aromatic heterocycles. The highest BCUT2D eigenvalue weighted by atomic mass is 127. The Morgan fingerprint density at radius 2 is 2.11 bits per heavy atom. The van der Waals surface area contributed by atoms with Crippen LogP contribution in [0.25, 0.3) is 0 Å². The van der Waals surface area contributed by atoms with Gasteiger partial charge < -0.3 is 15.7 Å². The largest absolute Gasteiger partial charge is 0.480 e. The molecule has 0 heterocycles. The van der Waals surface area contributed by atoms with Gasteiger partial charge in [-0.1, -0.05) is 6.07 Å². The summed E-state index contributed by atoms with van der Waals surface area (Å²) in [6.07, 6.45) is 1.68. The van der Waals surface area contributed by atoms with E-state index in [1.165, 1.54) is 0 Å². The average molecular weight is 374 g/mol. The lowest BCUT2D eigenvalue weighted by Crippen LogP contribution is -2.55. The third kappa shape index (κ3) is 3.37. The van der Waals surface area contributed by atoms with Crippen molar-refractivity contribution < 1.29 is 14.7 Å². The molecule has 2 rings (SSSR count). The molecule has 1 saturated carbocycles. The molecule has 1 fully saturated rings. The zero-order chi connectivity index (χ0) is 14.0. The van der Waals surface area contributed by atoms with Crippen LogP contribution in [0.15, 0.2) is 24.3 Å². The number of halogens is 1. The van der Waals surface area contributed by atoms with Gasteiger partial charge in [-0.15, -0.1) is 0 Å². The molecule has 5 nitrogen and oxygen atoms in total. The molecule has 0 aliphatic heterocycles. The van der Waals surface area contributed by atoms with Crippen molar-refractivity contribution in [3.05, 3.63) is 27.8 Å². The standard InChI is InChI=1S/C13H15IN2O3/c1-13(11(17)18,8-5-6-8)16-12(19)15-10-4-2-3-9(14)7-10/h2-4,7-8H,5-6H2,1H3,(H,17,18)(H2,15,16,19). The molecular weight excluding hydrogens is 359 g/mol. The Balaban J connectivity index is 2.02.